The first-order chi connectivity index (χ1) is 9.42. The highest BCUT2D eigenvalue weighted by Crippen LogP contribution is 2.19. The van der Waals surface area contributed by atoms with Crippen molar-refractivity contribution < 1.29 is 9.28 Å². The Balaban J connectivity index is 0. The second-order valence-corrected chi connectivity index (χ2v) is 9.91. The quantitative estimate of drug-likeness (QED) is 0.433. The zero-order valence-corrected chi connectivity index (χ0v) is 16.4. The summed E-state index contributed by atoms with van der Waals surface area (Å²) in [4.78, 5) is 12.0. The number of quaternary nitrogens is 1. The van der Waals surface area contributed by atoms with Gasteiger partial charge in [-0.05, 0) is 36.0 Å². The summed E-state index contributed by atoms with van der Waals surface area (Å²) in [6, 6.07) is 2.98. The predicted molar refractivity (Wildman–Crippen MR) is 93.5 cm³/mol. The van der Waals surface area contributed by atoms with E-state index in [1.165, 1.54) is 30.7 Å². The molecule has 0 saturated heterocycles. The highest BCUT2D eigenvalue weighted by Gasteiger charge is 2.16. The Morgan fingerprint density at radius 3 is 0.950 bits per heavy atom. The molecule has 0 rings (SSSR count). The van der Waals surface area contributed by atoms with Gasteiger partial charge in [-0.15, -0.1) is 0 Å². The average Bonchev–Trinajstić information content (AvgIpc) is 2.43. The Kier molecular flexibility index (Phi) is 14.4. The Hall–Kier alpha value is 0.137. The van der Waals surface area contributed by atoms with Gasteiger partial charge in [0.25, 0.3) is 0 Å². The van der Waals surface area contributed by atoms with Gasteiger partial charge in [0.2, 0.25) is 0 Å². The molecule has 2 nitrogen and oxygen atoms in total. The van der Waals surface area contributed by atoms with Crippen molar-refractivity contribution in [2.75, 3.05) is 26.2 Å². The second kappa shape index (κ2) is 12.8. The van der Waals surface area contributed by atoms with Crippen LogP contribution < -0.4 is 4.80 Å². The van der Waals surface area contributed by atoms with Crippen LogP contribution in [0.15, 0.2) is 0 Å². The average molecular weight is 304 g/mol. The van der Waals surface area contributed by atoms with Gasteiger partial charge in [0.05, 0.1) is 26.2 Å². The fraction of sp³-hybridized carbons (Fsp3) is 1.00. The van der Waals surface area contributed by atoms with E-state index in [1.807, 2.05) is 0 Å². The minimum Gasteiger partial charge on any atom is -0.858 e. The van der Waals surface area contributed by atoms with Crippen molar-refractivity contribution in [1.82, 2.24) is 0 Å². The van der Waals surface area contributed by atoms with E-state index in [1.54, 1.807) is 0 Å². The Morgan fingerprint density at radius 2 is 0.850 bits per heavy atom. The van der Waals surface area contributed by atoms with E-state index in [4.69, 9.17) is 0 Å². The molecule has 0 unspecified atom stereocenters. The first-order valence-corrected chi connectivity index (χ1v) is 11.5. The van der Waals surface area contributed by atoms with Crippen LogP contribution in [0, 0.1) is 0 Å². The predicted octanol–water partition coefficient (Wildman–Crippen LogP) is 4.41. The molecule has 0 aliphatic rings. The van der Waals surface area contributed by atoms with Gasteiger partial charge < -0.3 is 9.28 Å². The highest BCUT2D eigenvalue weighted by atomic mass is 28.4. The molecule has 20 heavy (non-hydrogen) atoms. The summed E-state index contributed by atoms with van der Waals surface area (Å²) in [7, 11) is -2.00. The lowest BCUT2D eigenvalue weighted by molar-refractivity contribution is -0.921. The highest BCUT2D eigenvalue weighted by molar-refractivity contribution is 6.70. The molecule has 0 aliphatic carbocycles. The summed E-state index contributed by atoms with van der Waals surface area (Å²) in [6.07, 6.45) is 3.28. The standard InChI is InChI=1S/C9H21OSi.C8H20N/c1-4-7-11(10,8-5-2)9-6-3;1-5-9(6-2,7-3)8-4/h4-9H2,1-3H3;5-8H2,1-4H3/q-1;+1. The molecule has 0 aromatic heterocycles. The molecular formula is C17H41NOSi. The molecule has 0 aromatic rings. The molecule has 0 heterocycles. The normalized spacial score (nSPS) is 12.0. The Bertz CT molecular complexity index is 171. The summed E-state index contributed by atoms with van der Waals surface area (Å²) >= 11 is 0. The van der Waals surface area contributed by atoms with Gasteiger partial charge in [0.1, 0.15) is 0 Å². The van der Waals surface area contributed by atoms with Crippen LogP contribution in [0.4, 0.5) is 0 Å². The third-order valence-electron chi connectivity index (χ3n) is 4.80. The molecule has 0 amide bonds. The van der Waals surface area contributed by atoms with Crippen LogP contribution >= 0.6 is 0 Å². The number of nitrogens with zero attached hydrogens (tertiary/aromatic N) is 1. The third kappa shape index (κ3) is 9.14. The van der Waals surface area contributed by atoms with Crippen LogP contribution in [0.3, 0.4) is 0 Å². The molecule has 124 valence electrons. The van der Waals surface area contributed by atoms with Gasteiger partial charge >= 0.3 is 0 Å². The van der Waals surface area contributed by atoms with Gasteiger partial charge in [-0.3, -0.25) is 0 Å². The van der Waals surface area contributed by atoms with Crippen LogP contribution in [-0.4, -0.2) is 39.0 Å². The van der Waals surface area contributed by atoms with Gasteiger partial charge in [-0.1, -0.05) is 58.2 Å². The van der Waals surface area contributed by atoms with Crippen LogP contribution in [0.5, 0.6) is 0 Å². The van der Waals surface area contributed by atoms with E-state index in [-0.39, 0.29) is 0 Å². The van der Waals surface area contributed by atoms with Crippen molar-refractivity contribution >= 4 is 8.32 Å². The van der Waals surface area contributed by atoms with Crippen molar-refractivity contribution in [2.45, 2.75) is 85.9 Å². The molecular weight excluding hydrogens is 262 g/mol. The van der Waals surface area contributed by atoms with Crippen molar-refractivity contribution in [3.63, 3.8) is 0 Å². The number of rotatable bonds is 10. The van der Waals surface area contributed by atoms with Gasteiger partial charge in [-0.25, -0.2) is 0 Å². The molecule has 0 radical (unpaired) electrons. The molecule has 3 heteroatoms. The topological polar surface area (TPSA) is 23.1 Å². The SMILES string of the molecule is CCC[Si]([O-])(CCC)CCC.CC[N+](CC)(CC)CC. The fourth-order valence-corrected chi connectivity index (χ4v) is 6.57. The van der Waals surface area contributed by atoms with Crippen LogP contribution in [-0.2, 0) is 0 Å². The lowest BCUT2D eigenvalue weighted by atomic mass is 10.3. The molecule has 0 aliphatic heterocycles. The zero-order chi connectivity index (χ0) is 16.1. The zero-order valence-electron chi connectivity index (χ0n) is 15.4. The molecule has 0 fully saturated rings. The molecule has 0 aromatic carbocycles. The van der Waals surface area contributed by atoms with E-state index in [9.17, 15) is 4.80 Å². The van der Waals surface area contributed by atoms with Crippen molar-refractivity contribution in [2.24, 2.45) is 0 Å². The van der Waals surface area contributed by atoms with Crippen LogP contribution in [0.25, 0.3) is 0 Å². The van der Waals surface area contributed by atoms with Crippen LogP contribution in [0.1, 0.15) is 67.7 Å². The number of hydrogen-bond donors (Lipinski definition) is 0. The fourth-order valence-electron chi connectivity index (χ4n) is 3.08. The first kappa shape index (κ1) is 22.4. The smallest absolute Gasteiger partial charge is 0.0757 e. The van der Waals surface area contributed by atoms with Crippen LogP contribution in [0.2, 0.25) is 18.1 Å². The summed E-state index contributed by atoms with van der Waals surface area (Å²) in [5.74, 6) is 0. The second-order valence-electron chi connectivity index (χ2n) is 6.04. The third-order valence-corrected chi connectivity index (χ3v) is 9.03. The van der Waals surface area contributed by atoms with Crippen molar-refractivity contribution in [3.8, 4) is 0 Å². The lowest BCUT2D eigenvalue weighted by Gasteiger charge is -2.38. The number of hydrogen-bond acceptors (Lipinski definition) is 1. The maximum Gasteiger partial charge on any atom is 0.0757 e. The summed E-state index contributed by atoms with van der Waals surface area (Å²) < 4.78 is 1.28. The van der Waals surface area contributed by atoms with E-state index >= 15 is 0 Å². The Labute approximate surface area is 130 Å². The van der Waals surface area contributed by atoms with Gasteiger partial charge in [0, 0.05) is 0 Å². The molecule has 0 spiro atoms. The molecule has 0 atom stereocenters. The molecule has 0 saturated carbocycles. The largest absolute Gasteiger partial charge is 0.858 e. The van der Waals surface area contributed by atoms with E-state index < -0.39 is 8.32 Å². The maximum absolute atomic E-state index is 12.0. The lowest BCUT2D eigenvalue weighted by Crippen LogP contribution is -2.48. The minimum absolute atomic E-state index is 0.995. The summed E-state index contributed by atoms with van der Waals surface area (Å²) in [5.41, 5.74) is 0. The van der Waals surface area contributed by atoms with Gasteiger partial charge in [0.15, 0.2) is 0 Å². The van der Waals surface area contributed by atoms with Crippen molar-refractivity contribution in [1.29, 1.82) is 0 Å². The van der Waals surface area contributed by atoms with Crippen molar-refractivity contribution in [3.05, 3.63) is 0 Å². The molecule has 0 N–H and O–H groups in total. The van der Waals surface area contributed by atoms with E-state index in [0.717, 1.165) is 37.4 Å². The minimum atomic E-state index is -2.00. The maximum atomic E-state index is 12.0. The molecule has 0 bridgehead atoms. The summed E-state index contributed by atoms with van der Waals surface area (Å²) in [5, 5.41) is 0. The summed E-state index contributed by atoms with van der Waals surface area (Å²) in [6.45, 7) is 20.6. The van der Waals surface area contributed by atoms with E-state index in [2.05, 4.69) is 48.5 Å². The Morgan fingerprint density at radius 1 is 0.600 bits per heavy atom. The monoisotopic (exact) mass is 303 g/mol. The van der Waals surface area contributed by atoms with E-state index in [0.29, 0.717) is 0 Å². The first-order valence-electron chi connectivity index (χ1n) is 8.98. The van der Waals surface area contributed by atoms with Gasteiger partial charge in [-0.2, -0.15) is 0 Å².